The number of nitrogens with one attached hydrogen (secondary N) is 2. The average Bonchev–Trinajstić information content (AvgIpc) is 2.78. The number of hydrogen-bond donors (Lipinski definition) is 3. The summed E-state index contributed by atoms with van der Waals surface area (Å²) in [6.07, 6.45) is 0. The minimum absolute atomic E-state index is 0.469. The van der Waals surface area contributed by atoms with E-state index in [9.17, 15) is 9.90 Å². The molecular weight excluding hydrogens is 428 g/mol. The van der Waals surface area contributed by atoms with E-state index >= 15 is 0 Å². The number of hydrogen-bond acceptors (Lipinski definition) is 4. The van der Waals surface area contributed by atoms with Gasteiger partial charge in [-0.1, -0.05) is 36.4 Å². The molecule has 3 aromatic carbocycles. The second kappa shape index (κ2) is 10.8. The lowest BCUT2D eigenvalue weighted by atomic mass is 10.0. The first-order valence-corrected chi connectivity index (χ1v) is 11.1. The highest BCUT2D eigenvalue weighted by Gasteiger charge is 2.16. The highest BCUT2D eigenvalue weighted by Crippen LogP contribution is 2.33. The molecule has 5 nitrogen and oxygen atoms in total. The number of thiocarbonyl (C=S) groups is 1. The first-order valence-electron chi connectivity index (χ1n) is 9.72. The zero-order chi connectivity index (χ0) is 22.2. The van der Waals surface area contributed by atoms with Crippen molar-refractivity contribution in [2.24, 2.45) is 0 Å². The predicted octanol–water partition coefficient (Wildman–Crippen LogP) is 5.98. The predicted molar refractivity (Wildman–Crippen MR) is 131 cm³/mol. The van der Waals surface area contributed by atoms with E-state index in [1.165, 1.54) is 0 Å². The molecule has 0 aliphatic rings. The standard InChI is InChI=1S/C24H24N2O3S2/c1-16(23(27)28)18-10-13-21(26-24(30)25-19-6-4-3-5-7-19)22(14-18)31-15-17-8-11-20(29-2)12-9-17/h3-14,16H,15H2,1-2H3,(H,27,28)(H2,25,26,30). The van der Waals surface area contributed by atoms with Crippen molar-refractivity contribution in [2.75, 3.05) is 17.7 Å². The highest BCUT2D eigenvalue weighted by molar-refractivity contribution is 7.98. The summed E-state index contributed by atoms with van der Waals surface area (Å²) >= 11 is 7.09. The monoisotopic (exact) mass is 452 g/mol. The van der Waals surface area contributed by atoms with E-state index in [0.717, 1.165) is 38.9 Å². The van der Waals surface area contributed by atoms with E-state index in [0.29, 0.717) is 5.11 Å². The molecule has 160 valence electrons. The van der Waals surface area contributed by atoms with Gasteiger partial charge in [-0.2, -0.15) is 0 Å². The first kappa shape index (κ1) is 22.7. The fourth-order valence-electron chi connectivity index (χ4n) is 2.86. The van der Waals surface area contributed by atoms with Crippen molar-refractivity contribution in [3.8, 4) is 5.75 Å². The number of carboxylic acid groups (broad SMARTS) is 1. The van der Waals surface area contributed by atoms with Crippen LogP contribution >= 0.6 is 24.0 Å². The van der Waals surface area contributed by atoms with Crippen LogP contribution in [0.2, 0.25) is 0 Å². The van der Waals surface area contributed by atoms with Crippen LogP contribution < -0.4 is 15.4 Å². The Morgan fingerprint density at radius 3 is 2.42 bits per heavy atom. The van der Waals surface area contributed by atoms with Crippen LogP contribution in [0, 0.1) is 0 Å². The summed E-state index contributed by atoms with van der Waals surface area (Å²) in [6.45, 7) is 1.68. The van der Waals surface area contributed by atoms with E-state index in [1.54, 1.807) is 25.8 Å². The number of aliphatic carboxylic acids is 1. The molecule has 0 aliphatic carbocycles. The topological polar surface area (TPSA) is 70.6 Å². The maximum Gasteiger partial charge on any atom is 0.310 e. The molecule has 0 bridgehead atoms. The van der Waals surface area contributed by atoms with Gasteiger partial charge in [0.1, 0.15) is 5.75 Å². The van der Waals surface area contributed by atoms with E-state index in [1.807, 2.05) is 72.8 Å². The van der Waals surface area contributed by atoms with E-state index < -0.39 is 11.9 Å². The van der Waals surface area contributed by atoms with Crippen molar-refractivity contribution < 1.29 is 14.6 Å². The molecular formula is C24H24N2O3S2. The van der Waals surface area contributed by atoms with Crippen LogP contribution in [0.25, 0.3) is 0 Å². The highest BCUT2D eigenvalue weighted by atomic mass is 32.2. The zero-order valence-electron chi connectivity index (χ0n) is 17.3. The Labute approximate surface area is 191 Å². The minimum atomic E-state index is -0.854. The Kier molecular flexibility index (Phi) is 7.92. The summed E-state index contributed by atoms with van der Waals surface area (Å²) in [7, 11) is 1.64. The number of para-hydroxylation sites is 1. The Morgan fingerprint density at radius 2 is 1.77 bits per heavy atom. The SMILES string of the molecule is COc1ccc(CSc2cc(C(C)C(=O)O)ccc2NC(=S)Nc2ccccc2)cc1. The number of ether oxygens (including phenoxy) is 1. The van der Waals surface area contributed by atoms with E-state index in [-0.39, 0.29) is 0 Å². The van der Waals surface area contributed by atoms with Gasteiger partial charge in [-0.25, -0.2) is 0 Å². The molecule has 1 unspecified atom stereocenters. The van der Waals surface area contributed by atoms with Gasteiger partial charge in [0.2, 0.25) is 0 Å². The fraction of sp³-hybridized carbons (Fsp3) is 0.167. The van der Waals surface area contributed by atoms with E-state index in [2.05, 4.69) is 10.6 Å². The molecule has 0 saturated heterocycles. The van der Waals surface area contributed by atoms with Crippen molar-refractivity contribution in [1.29, 1.82) is 0 Å². The summed E-state index contributed by atoms with van der Waals surface area (Å²) in [4.78, 5) is 12.4. The lowest BCUT2D eigenvalue weighted by molar-refractivity contribution is -0.138. The van der Waals surface area contributed by atoms with Crippen molar-refractivity contribution >= 4 is 46.4 Å². The number of thioether (sulfide) groups is 1. The Bertz CT molecular complexity index is 1040. The molecule has 31 heavy (non-hydrogen) atoms. The number of carboxylic acids is 1. The normalized spacial score (nSPS) is 11.4. The quantitative estimate of drug-likeness (QED) is 0.287. The van der Waals surface area contributed by atoms with E-state index in [4.69, 9.17) is 17.0 Å². The molecule has 0 fully saturated rings. The number of methoxy groups -OCH3 is 1. The molecule has 0 aliphatic heterocycles. The third-order valence-corrected chi connectivity index (χ3v) is 6.04. The third-order valence-electron chi connectivity index (χ3n) is 4.71. The molecule has 0 saturated carbocycles. The van der Waals surface area contributed by atoms with Crippen molar-refractivity contribution in [3.05, 3.63) is 83.9 Å². The van der Waals surface area contributed by atoms with Gasteiger partial charge in [-0.15, -0.1) is 11.8 Å². The lowest BCUT2D eigenvalue weighted by Crippen LogP contribution is -2.19. The minimum Gasteiger partial charge on any atom is -0.497 e. The molecule has 7 heteroatoms. The fourth-order valence-corrected chi connectivity index (χ4v) is 4.10. The van der Waals surface area contributed by atoms with Crippen molar-refractivity contribution in [1.82, 2.24) is 0 Å². The summed E-state index contributed by atoms with van der Waals surface area (Å²) in [6, 6.07) is 23.2. The molecule has 3 N–H and O–H groups in total. The maximum atomic E-state index is 11.5. The van der Waals surface area contributed by atoms with Gasteiger partial charge < -0.3 is 20.5 Å². The Morgan fingerprint density at radius 1 is 1.06 bits per heavy atom. The third kappa shape index (κ3) is 6.47. The van der Waals surface area contributed by atoms with Gasteiger partial charge in [0.15, 0.2) is 5.11 Å². The molecule has 0 aromatic heterocycles. The summed E-state index contributed by atoms with van der Waals surface area (Å²) in [5.74, 6) is 0.0882. The molecule has 0 spiro atoms. The number of anilines is 2. The number of carbonyl (C=O) groups is 1. The number of benzene rings is 3. The first-order chi connectivity index (χ1) is 15.0. The average molecular weight is 453 g/mol. The Balaban J connectivity index is 1.79. The van der Waals surface area contributed by atoms with Crippen LogP contribution in [0.4, 0.5) is 11.4 Å². The van der Waals surface area contributed by atoms with Gasteiger partial charge in [-0.05, 0) is 66.7 Å². The molecule has 0 heterocycles. The van der Waals surface area contributed by atoms with Crippen LogP contribution in [0.3, 0.4) is 0 Å². The second-order valence-electron chi connectivity index (χ2n) is 6.90. The Hall–Kier alpha value is -3.03. The molecule has 0 amide bonds. The van der Waals surface area contributed by atoms with Crippen molar-refractivity contribution in [2.45, 2.75) is 23.5 Å². The largest absolute Gasteiger partial charge is 0.497 e. The molecule has 0 radical (unpaired) electrons. The second-order valence-corrected chi connectivity index (χ2v) is 8.32. The van der Waals surface area contributed by atoms with Gasteiger partial charge in [0.25, 0.3) is 0 Å². The molecule has 1 atom stereocenters. The molecule has 3 rings (SSSR count). The van der Waals surface area contributed by atoms with Crippen LogP contribution in [-0.2, 0) is 10.5 Å². The van der Waals surface area contributed by atoms with Gasteiger partial charge in [-0.3, -0.25) is 4.79 Å². The van der Waals surface area contributed by atoms with Crippen molar-refractivity contribution in [3.63, 3.8) is 0 Å². The van der Waals surface area contributed by atoms with Gasteiger partial charge >= 0.3 is 5.97 Å². The zero-order valence-corrected chi connectivity index (χ0v) is 18.9. The van der Waals surface area contributed by atoms with Crippen LogP contribution in [0.1, 0.15) is 24.0 Å². The summed E-state index contributed by atoms with van der Waals surface area (Å²) < 4.78 is 5.21. The van der Waals surface area contributed by atoms with Crippen LogP contribution in [0.15, 0.2) is 77.7 Å². The lowest BCUT2D eigenvalue weighted by Gasteiger charge is -2.16. The van der Waals surface area contributed by atoms with Gasteiger partial charge in [0.05, 0.1) is 18.7 Å². The maximum absolute atomic E-state index is 11.5. The summed E-state index contributed by atoms with van der Waals surface area (Å²) in [5, 5.41) is 16.3. The smallest absolute Gasteiger partial charge is 0.310 e. The number of rotatable bonds is 8. The van der Waals surface area contributed by atoms with Crippen LogP contribution in [-0.4, -0.2) is 23.3 Å². The molecule has 3 aromatic rings. The van der Waals surface area contributed by atoms with Gasteiger partial charge in [0, 0.05) is 16.3 Å². The summed E-state index contributed by atoms with van der Waals surface area (Å²) in [5.41, 5.74) is 3.60. The van der Waals surface area contributed by atoms with Crippen LogP contribution in [0.5, 0.6) is 5.75 Å².